The van der Waals surface area contributed by atoms with E-state index in [2.05, 4.69) is 39.8 Å². The summed E-state index contributed by atoms with van der Waals surface area (Å²) >= 11 is 0. The van der Waals surface area contributed by atoms with Crippen LogP contribution in [-0.2, 0) is 0 Å². The van der Waals surface area contributed by atoms with Crippen molar-refractivity contribution in [1.29, 1.82) is 0 Å². The number of nitrogens with two attached hydrogens (primary N) is 1. The number of likely N-dealkylation sites (N-methyl/N-ethyl adjacent to an activating group) is 1. The van der Waals surface area contributed by atoms with E-state index in [0.717, 1.165) is 19.3 Å². The quantitative estimate of drug-likeness (QED) is 0.685. The number of nitrogens with zero attached hydrogens (tertiary/aromatic N) is 1. The molecular weight excluding hydrogens is 148 g/mol. The second-order valence-electron chi connectivity index (χ2n) is 3.72. The van der Waals surface area contributed by atoms with Gasteiger partial charge in [0.1, 0.15) is 0 Å². The van der Waals surface area contributed by atoms with Crippen LogP contribution in [0.3, 0.4) is 0 Å². The van der Waals surface area contributed by atoms with E-state index in [1.807, 2.05) is 0 Å². The number of hydrogen-bond donors (Lipinski definition) is 1. The Hall–Kier alpha value is -0.0800. The fourth-order valence-electron chi connectivity index (χ4n) is 2.12. The molecule has 2 heteroatoms. The summed E-state index contributed by atoms with van der Waals surface area (Å²) in [6.07, 6.45) is 3.32. The molecule has 2 N–H and O–H groups in total. The summed E-state index contributed by atoms with van der Waals surface area (Å²) in [5.41, 5.74) is 6.34. The Bertz CT molecular complexity index is 117. The standard InChI is InChI=1S/C10H24N2/c1-6-9(11)10(7-2,8-3)12(4)5/h9H,6-8,11H2,1-5H3. The molecule has 0 amide bonds. The first-order valence-electron chi connectivity index (χ1n) is 4.98. The molecule has 0 heterocycles. The molecular formula is C10H24N2. The minimum atomic E-state index is 0.203. The molecule has 12 heavy (non-hydrogen) atoms. The molecule has 1 unspecified atom stereocenters. The fourth-order valence-corrected chi connectivity index (χ4v) is 2.12. The highest BCUT2D eigenvalue weighted by Gasteiger charge is 2.34. The highest BCUT2D eigenvalue weighted by atomic mass is 15.2. The SMILES string of the molecule is CCC(N)C(CC)(CC)N(C)C. The van der Waals surface area contributed by atoms with E-state index >= 15 is 0 Å². The maximum absolute atomic E-state index is 6.13. The Labute approximate surface area is 77.1 Å². The average Bonchev–Trinajstić information content (AvgIpc) is 2.06. The first-order chi connectivity index (χ1) is 5.55. The lowest BCUT2D eigenvalue weighted by atomic mass is 9.82. The van der Waals surface area contributed by atoms with Crippen molar-refractivity contribution in [3.05, 3.63) is 0 Å². The van der Waals surface area contributed by atoms with Gasteiger partial charge < -0.3 is 10.6 Å². The van der Waals surface area contributed by atoms with Gasteiger partial charge in [-0.2, -0.15) is 0 Å². The van der Waals surface area contributed by atoms with Crippen LogP contribution >= 0.6 is 0 Å². The van der Waals surface area contributed by atoms with Crippen molar-refractivity contribution in [1.82, 2.24) is 4.90 Å². The van der Waals surface area contributed by atoms with Gasteiger partial charge >= 0.3 is 0 Å². The molecule has 0 rings (SSSR count). The Kier molecular flexibility index (Phi) is 4.80. The molecule has 0 aliphatic carbocycles. The van der Waals surface area contributed by atoms with Crippen molar-refractivity contribution in [3.63, 3.8) is 0 Å². The minimum Gasteiger partial charge on any atom is -0.326 e. The van der Waals surface area contributed by atoms with Crippen LogP contribution in [0.15, 0.2) is 0 Å². The summed E-state index contributed by atoms with van der Waals surface area (Å²) in [7, 11) is 4.26. The van der Waals surface area contributed by atoms with Crippen LogP contribution in [0.4, 0.5) is 0 Å². The van der Waals surface area contributed by atoms with Gasteiger partial charge in [-0.25, -0.2) is 0 Å². The second kappa shape index (κ2) is 4.83. The lowest BCUT2D eigenvalue weighted by molar-refractivity contribution is 0.104. The van der Waals surface area contributed by atoms with Crippen molar-refractivity contribution >= 4 is 0 Å². The zero-order valence-electron chi connectivity index (χ0n) is 9.22. The Balaban J connectivity index is 4.56. The van der Waals surface area contributed by atoms with Gasteiger partial charge in [-0.3, -0.25) is 0 Å². The zero-order chi connectivity index (χ0) is 9.78. The molecule has 0 aliphatic heterocycles. The predicted molar refractivity (Wildman–Crippen MR) is 55.3 cm³/mol. The first-order valence-corrected chi connectivity index (χ1v) is 4.98. The van der Waals surface area contributed by atoms with Crippen molar-refractivity contribution in [3.8, 4) is 0 Å². The summed E-state index contributed by atoms with van der Waals surface area (Å²) in [4.78, 5) is 2.28. The molecule has 0 spiro atoms. The third-order valence-electron chi connectivity index (χ3n) is 3.25. The smallest absolute Gasteiger partial charge is 0.0348 e. The van der Waals surface area contributed by atoms with Crippen LogP contribution in [0.25, 0.3) is 0 Å². The average molecular weight is 172 g/mol. The Morgan fingerprint density at radius 3 is 1.67 bits per heavy atom. The van der Waals surface area contributed by atoms with E-state index in [4.69, 9.17) is 5.73 Å². The predicted octanol–water partition coefficient (Wildman–Crippen LogP) is 1.84. The van der Waals surface area contributed by atoms with E-state index in [0.29, 0.717) is 6.04 Å². The van der Waals surface area contributed by atoms with Gasteiger partial charge in [0, 0.05) is 11.6 Å². The van der Waals surface area contributed by atoms with E-state index in [1.54, 1.807) is 0 Å². The van der Waals surface area contributed by atoms with Crippen LogP contribution in [0.2, 0.25) is 0 Å². The first kappa shape index (κ1) is 11.9. The molecule has 0 aromatic heterocycles. The minimum absolute atomic E-state index is 0.203. The van der Waals surface area contributed by atoms with Crippen LogP contribution in [-0.4, -0.2) is 30.6 Å². The Morgan fingerprint density at radius 1 is 1.17 bits per heavy atom. The van der Waals surface area contributed by atoms with E-state index in [9.17, 15) is 0 Å². The van der Waals surface area contributed by atoms with Crippen LogP contribution < -0.4 is 5.73 Å². The van der Waals surface area contributed by atoms with Crippen molar-refractivity contribution in [2.45, 2.75) is 51.6 Å². The second-order valence-corrected chi connectivity index (χ2v) is 3.72. The highest BCUT2D eigenvalue weighted by Crippen LogP contribution is 2.25. The lowest BCUT2D eigenvalue weighted by Crippen LogP contribution is -2.56. The largest absolute Gasteiger partial charge is 0.326 e. The molecule has 0 fully saturated rings. The molecule has 0 bridgehead atoms. The molecule has 74 valence electrons. The van der Waals surface area contributed by atoms with Gasteiger partial charge in [-0.05, 0) is 33.4 Å². The monoisotopic (exact) mass is 172 g/mol. The van der Waals surface area contributed by atoms with Gasteiger partial charge in [0.25, 0.3) is 0 Å². The molecule has 0 saturated heterocycles. The Morgan fingerprint density at radius 2 is 1.58 bits per heavy atom. The van der Waals surface area contributed by atoms with Gasteiger partial charge in [0.15, 0.2) is 0 Å². The van der Waals surface area contributed by atoms with Crippen molar-refractivity contribution in [2.75, 3.05) is 14.1 Å². The highest BCUT2D eigenvalue weighted by molar-refractivity contribution is 4.94. The summed E-state index contributed by atoms with van der Waals surface area (Å²) in [6.45, 7) is 6.60. The molecule has 1 atom stereocenters. The number of rotatable bonds is 5. The van der Waals surface area contributed by atoms with Crippen molar-refractivity contribution in [2.24, 2.45) is 5.73 Å². The van der Waals surface area contributed by atoms with Crippen LogP contribution in [0, 0.1) is 0 Å². The summed E-state index contributed by atoms with van der Waals surface area (Å²) in [6, 6.07) is 0.294. The molecule has 0 aromatic rings. The summed E-state index contributed by atoms with van der Waals surface area (Å²) < 4.78 is 0. The summed E-state index contributed by atoms with van der Waals surface area (Å²) in [5, 5.41) is 0. The molecule has 0 radical (unpaired) electrons. The van der Waals surface area contributed by atoms with E-state index in [1.165, 1.54) is 0 Å². The lowest BCUT2D eigenvalue weighted by Gasteiger charge is -2.43. The van der Waals surface area contributed by atoms with Crippen LogP contribution in [0.5, 0.6) is 0 Å². The molecule has 2 nitrogen and oxygen atoms in total. The maximum Gasteiger partial charge on any atom is 0.0348 e. The topological polar surface area (TPSA) is 29.3 Å². The fraction of sp³-hybridized carbons (Fsp3) is 1.00. The zero-order valence-corrected chi connectivity index (χ0v) is 9.22. The number of hydrogen-bond acceptors (Lipinski definition) is 2. The van der Waals surface area contributed by atoms with Gasteiger partial charge in [0.05, 0.1) is 0 Å². The maximum atomic E-state index is 6.13. The van der Waals surface area contributed by atoms with Gasteiger partial charge in [0.2, 0.25) is 0 Å². The van der Waals surface area contributed by atoms with Gasteiger partial charge in [-0.1, -0.05) is 20.8 Å². The molecule has 0 aromatic carbocycles. The van der Waals surface area contributed by atoms with Crippen LogP contribution in [0.1, 0.15) is 40.0 Å². The molecule has 0 aliphatic rings. The summed E-state index contributed by atoms with van der Waals surface area (Å²) in [5.74, 6) is 0. The third kappa shape index (κ3) is 1.99. The van der Waals surface area contributed by atoms with Gasteiger partial charge in [-0.15, -0.1) is 0 Å². The normalized spacial score (nSPS) is 15.2. The third-order valence-corrected chi connectivity index (χ3v) is 3.25. The molecule has 0 saturated carbocycles. The van der Waals surface area contributed by atoms with E-state index < -0.39 is 0 Å². The van der Waals surface area contributed by atoms with Crippen molar-refractivity contribution < 1.29 is 0 Å². The van der Waals surface area contributed by atoms with E-state index in [-0.39, 0.29) is 5.54 Å².